The van der Waals surface area contributed by atoms with Gasteiger partial charge in [0.05, 0.1) is 38.8 Å². The molecule has 1 fully saturated rings. The maximum atomic E-state index is 11.6. The third-order valence-corrected chi connectivity index (χ3v) is 33.7. The van der Waals surface area contributed by atoms with E-state index in [1.165, 1.54) is 0 Å². The van der Waals surface area contributed by atoms with Crippen LogP contribution < -0.4 is 30.2 Å². The number of hydrogen-bond donors (Lipinski definition) is 5. The molecule has 5 N–H and O–H groups in total. The molecule has 14 nitrogen and oxygen atoms in total. The Labute approximate surface area is 418 Å². The molecule has 0 spiro atoms. The Hall–Kier alpha value is -1.96. The highest BCUT2D eigenvalue weighted by atomic mass is 28.5. The number of benzene rings is 3. The van der Waals surface area contributed by atoms with Gasteiger partial charge in [0.1, 0.15) is 28.7 Å². The average molecular weight is 1080 g/mol. The quantitative estimate of drug-likeness (QED) is 0.0382. The minimum atomic E-state index is -3.01. The zero-order chi connectivity index (χ0) is 51.1. The molecule has 0 aliphatic carbocycles. The van der Waals surface area contributed by atoms with Crippen molar-refractivity contribution < 1.29 is 49.1 Å². The number of phenolic OH excluding ortho intramolecular Hbond substituents is 2. The van der Waals surface area contributed by atoms with E-state index in [0.29, 0.717) is 60.8 Å². The van der Waals surface area contributed by atoms with Gasteiger partial charge in [-0.2, -0.15) is 0 Å². The Morgan fingerprint density at radius 3 is 0.985 bits per heavy atom. The Kier molecular flexibility index (Phi) is 20.1. The molecule has 384 valence electrons. The first-order valence-corrected chi connectivity index (χ1v) is 48.4. The number of hydrogen-bond acceptors (Lipinski definition) is 14. The first-order valence-electron chi connectivity index (χ1n) is 24.1. The molecule has 0 radical (unpaired) electrons. The van der Waals surface area contributed by atoms with E-state index in [4.69, 9.17) is 38.9 Å². The van der Waals surface area contributed by atoms with Crippen molar-refractivity contribution in [3.05, 3.63) is 77.4 Å². The molecule has 3 aromatic carbocycles. The molecule has 0 bridgehead atoms. The van der Waals surface area contributed by atoms with E-state index in [0.717, 1.165) is 11.3 Å². The maximum absolute atomic E-state index is 11.6. The second-order valence-electron chi connectivity index (χ2n) is 23.6. The van der Waals surface area contributed by atoms with Gasteiger partial charge in [-0.25, -0.2) is 0 Å². The highest BCUT2D eigenvalue weighted by Crippen LogP contribution is 2.38. The first-order chi connectivity index (χ1) is 31.1. The molecule has 1 aliphatic heterocycles. The summed E-state index contributed by atoms with van der Waals surface area (Å²) in [6.07, 6.45) is -0.0648. The summed E-state index contributed by atoms with van der Waals surface area (Å²) >= 11 is 0. The second-order valence-corrected chi connectivity index (χ2v) is 57.5. The highest BCUT2D eigenvalue weighted by Gasteiger charge is 2.51. The molecule has 22 heteroatoms. The van der Waals surface area contributed by atoms with Crippen LogP contribution in [0.2, 0.25) is 130 Å². The molecule has 0 aromatic heterocycles. The molecule has 3 aromatic rings. The second kappa shape index (κ2) is 23.3. The molecule has 1 saturated heterocycles. The molecule has 68 heavy (non-hydrogen) atoms. The third kappa shape index (κ3) is 20.3. The number of nitrogens with one attached hydrogen (secondary N) is 3. The Morgan fingerprint density at radius 1 is 0.412 bits per heavy atom. The molecule has 4 rings (SSSR count). The monoisotopic (exact) mass is 1080 g/mol. The summed E-state index contributed by atoms with van der Waals surface area (Å²) in [6, 6.07) is 19.9. The summed E-state index contributed by atoms with van der Waals surface area (Å²) in [7, 11) is -16.4. The molecule has 0 saturated carbocycles. The van der Waals surface area contributed by atoms with Gasteiger partial charge in [0.15, 0.2) is 49.9 Å². The van der Waals surface area contributed by atoms with Gasteiger partial charge in [0, 0.05) is 35.3 Å². The van der Waals surface area contributed by atoms with Crippen LogP contribution in [0.15, 0.2) is 60.7 Å². The van der Waals surface area contributed by atoms with Crippen molar-refractivity contribution in [2.45, 2.75) is 161 Å². The lowest BCUT2D eigenvalue weighted by Crippen LogP contribution is -2.60. The fourth-order valence-electron chi connectivity index (χ4n) is 7.89. The van der Waals surface area contributed by atoms with Crippen LogP contribution in [-0.4, -0.2) is 98.0 Å². The largest absolute Gasteiger partial charge is 0.507 e. The van der Waals surface area contributed by atoms with Gasteiger partial charge in [-0.3, -0.25) is 16.0 Å². The zero-order valence-electron chi connectivity index (χ0n) is 44.8. The van der Waals surface area contributed by atoms with E-state index in [-0.39, 0.29) is 17.7 Å². The van der Waals surface area contributed by atoms with Gasteiger partial charge in [-0.05, 0) is 173 Å². The number of aromatic hydroxyl groups is 2. The van der Waals surface area contributed by atoms with E-state index in [1.807, 2.05) is 48.5 Å². The lowest BCUT2D eigenvalue weighted by atomic mass is 10.0. The SMILES string of the molecule is COc1ccc(C2NC(c3ccc(OCCC[Si](O[Si](C)(C)C)(O[Si](C)(C)C)O[Si](C)(C)C)cc3O)NC(c3ccc(OCCC[Si](O[Si](C)(C)C)(O[Si](C)(C)C)O[Si](C)(C)C)cc3O)N2)cc1. The number of rotatable bonds is 26. The van der Waals surface area contributed by atoms with Crippen LogP contribution in [0, 0.1) is 0 Å². The average Bonchev–Trinajstić information content (AvgIpc) is 3.14. The van der Waals surface area contributed by atoms with Crippen molar-refractivity contribution >= 4 is 67.5 Å². The van der Waals surface area contributed by atoms with Crippen molar-refractivity contribution in [2.75, 3.05) is 20.3 Å². The summed E-state index contributed by atoms with van der Waals surface area (Å²) in [5.74, 6) is 1.98. The predicted molar refractivity (Wildman–Crippen MR) is 295 cm³/mol. The van der Waals surface area contributed by atoms with Crippen molar-refractivity contribution in [3.8, 4) is 28.7 Å². The van der Waals surface area contributed by atoms with E-state index in [1.54, 1.807) is 19.2 Å². The smallest absolute Gasteiger partial charge is 0.469 e. The molecule has 2 atom stereocenters. The minimum absolute atomic E-state index is 0.0670. The third-order valence-electron chi connectivity index (χ3n) is 9.64. The normalized spacial score (nSPS) is 18.1. The molecule has 2 unspecified atom stereocenters. The van der Waals surface area contributed by atoms with Crippen molar-refractivity contribution in [1.82, 2.24) is 16.0 Å². The van der Waals surface area contributed by atoms with Gasteiger partial charge in [0.2, 0.25) is 0 Å². The summed E-state index contributed by atoms with van der Waals surface area (Å²) in [5.41, 5.74) is 2.19. The lowest BCUT2D eigenvalue weighted by Gasteiger charge is -2.43. The number of methoxy groups -OCH3 is 1. The predicted octanol–water partition coefficient (Wildman–Crippen LogP) is 11.8. The molecular formula is C46H87N3O11Si8. The van der Waals surface area contributed by atoms with Crippen molar-refractivity contribution in [1.29, 1.82) is 0 Å². The van der Waals surface area contributed by atoms with Crippen LogP contribution in [0.1, 0.15) is 48.0 Å². The Bertz CT molecular complexity index is 1860. The highest BCUT2D eigenvalue weighted by molar-refractivity contribution is 6.91. The molecular weight excluding hydrogens is 995 g/mol. The van der Waals surface area contributed by atoms with Crippen LogP contribution in [0.5, 0.6) is 28.7 Å². The van der Waals surface area contributed by atoms with Crippen LogP contribution in [0.4, 0.5) is 0 Å². The van der Waals surface area contributed by atoms with Gasteiger partial charge in [0.25, 0.3) is 0 Å². The maximum Gasteiger partial charge on any atom is 0.469 e. The molecule has 1 heterocycles. The van der Waals surface area contributed by atoms with Crippen molar-refractivity contribution in [3.63, 3.8) is 0 Å². The Morgan fingerprint density at radius 2 is 0.706 bits per heavy atom. The van der Waals surface area contributed by atoms with Gasteiger partial charge >= 0.3 is 17.6 Å². The fraction of sp³-hybridized carbons (Fsp3) is 0.609. The van der Waals surface area contributed by atoms with E-state index in [2.05, 4.69) is 134 Å². The first kappa shape index (κ1) is 58.6. The molecule has 0 amide bonds. The number of phenols is 2. The van der Waals surface area contributed by atoms with Crippen LogP contribution in [-0.2, 0) is 24.7 Å². The zero-order valence-corrected chi connectivity index (χ0v) is 52.8. The van der Waals surface area contributed by atoms with E-state index in [9.17, 15) is 10.2 Å². The summed E-state index contributed by atoms with van der Waals surface area (Å²) < 4.78 is 59.1. The van der Waals surface area contributed by atoms with Crippen LogP contribution >= 0.6 is 0 Å². The Balaban J connectivity index is 1.52. The summed E-state index contributed by atoms with van der Waals surface area (Å²) in [5, 5.41) is 34.0. The van der Waals surface area contributed by atoms with Gasteiger partial charge in [-0.15, -0.1) is 0 Å². The number of ether oxygens (including phenoxy) is 3. The molecule has 1 aliphatic rings. The van der Waals surface area contributed by atoms with Crippen molar-refractivity contribution in [2.24, 2.45) is 0 Å². The van der Waals surface area contributed by atoms with Crippen LogP contribution in [0.3, 0.4) is 0 Å². The van der Waals surface area contributed by atoms with Crippen LogP contribution in [0.25, 0.3) is 0 Å². The summed E-state index contributed by atoms with van der Waals surface area (Å²) in [6.45, 7) is 40.2. The lowest BCUT2D eigenvalue weighted by molar-refractivity contribution is 0.197. The van der Waals surface area contributed by atoms with E-state index >= 15 is 0 Å². The topological polar surface area (TPSA) is 160 Å². The summed E-state index contributed by atoms with van der Waals surface area (Å²) in [4.78, 5) is 0. The minimum Gasteiger partial charge on any atom is -0.507 e. The van der Waals surface area contributed by atoms with E-state index < -0.39 is 79.8 Å². The fourth-order valence-corrected chi connectivity index (χ4v) is 37.1. The standard InChI is InChI=1S/C46H87N3O11Si8/c1-52-37-24-22-36(23-25-37)44-47-45(40-28-26-38(34-42(40)50)53-30-20-32-67(55-61(2,3)4,56-62(5,6)7)57-63(8,9)10)49-46(48-44)41-29-27-39(35-43(41)51)54-31-21-33-68(58-64(11,12)13,59-65(14,15)16)60-66(17,18)19/h22-29,34-35,44-51H,20-21,30-33H2,1-19H3. The van der Waals surface area contributed by atoms with Gasteiger partial charge in [-0.1, -0.05) is 12.1 Å². The van der Waals surface area contributed by atoms with Gasteiger partial charge < -0.3 is 49.1 Å².